The highest BCUT2D eigenvalue weighted by molar-refractivity contribution is 5.89. The molecular weight excluding hydrogens is 374 g/mol. The third-order valence-corrected chi connectivity index (χ3v) is 5.83. The number of hydrogen-bond donors (Lipinski definition) is 0. The van der Waals surface area contributed by atoms with E-state index in [2.05, 4.69) is 13.8 Å². The number of benzene rings is 1. The zero-order valence-electron chi connectivity index (χ0n) is 18.8. The Morgan fingerprint density at radius 3 is 2.33 bits per heavy atom. The van der Waals surface area contributed by atoms with Crippen molar-refractivity contribution in [1.82, 2.24) is 14.4 Å². The molecule has 0 aliphatic heterocycles. The van der Waals surface area contributed by atoms with Crippen LogP contribution >= 0.6 is 0 Å². The van der Waals surface area contributed by atoms with Crippen LogP contribution in [0.3, 0.4) is 0 Å². The molecule has 30 heavy (non-hydrogen) atoms. The number of aromatic nitrogens is 1. The largest absolute Gasteiger partial charge is 0.353 e. The summed E-state index contributed by atoms with van der Waals surface area (Å²) < 4.78 is 2.05. The number of amides is 2. The second kappa shape index (κ2) is 9.96. The molecule has 3 rings (SSSR count). The van der Waals surface area contributed by atoms with Crippen molar-refractivity contribution < 1.29 is 9.59 Å². The zero-order chi connectivity index (χ0) is 21.7. The lowest BCUT2D eigenvalue weighted by atomic mass is 9.95. The highest BCUT2D eigenvalue weighted by Crippen LogP contribution is 2.31. The van der Waals surface area contributed by atoms with Crippen LogP contribution in [0.25, 0.3) is 0 Å². The van der Waals surface area contributed by atoms with Crippen molar-refractivity contribution in [3.05, 3.63) is 59.9 Å². The van der Waals surface area contributed by atoms with Gasteiger partial charge in [-0.05, 0) is 42.9 Å². The maximum Gasteiger partial charge on any atom is 0.242 e. The van der Waals surface area contributed by atoms with Gasteiger partial charge >= 0.3 is 0 Å². The summed E-state index contributed by atoms with van der Waals surface area (Å²) in [5, 5.41) is 0. The lowest BCUT2D eigenvalue weighted by molar-refractivity contribution is -0.142. The van der Waals surface area contributed by atoms with Gasteiger partial charge in [-0.1, -0.05) is 51.1 Å². The summed E-state index contributed by atoms with van der Waals surface area (Å²) in [6, 6.07) is 14.2. The van der Waals surface area contributed by atoms with E-state index in [1.54, 1.807) is 0 Å². The summed E-state index contributed by atoms with van der Waals surface area (Å²) in [7, 11) is 2.00. The minimum absolute atomic E-state index is 0.0352. The van der Waals surface area contributed by atoms with Crippen molar-refractivity contribution in [3.8, 4) is 0 Å². The van der Waals surface area contributed by atoms with Crippen LogP contribution in [-0.4, -0.2) is 45.3 Å². The topological polar surface area (TPSA) is 45.6 Å². The summed E-state index contributed by atoms with van der Waals surface area (Å²) >= 11 is 0. The Bertz CT molecular complexity index is 839. The monoisotopic (exact) mass is 409 g/mol. The molecule has 5 heteroatoms. The van der Waals surface area contributed by atoms with Gasteiger partial charge < -0.3 is 14.4 Å². The van der Waals surface area contributed by atoms with E-state index in [9.17, 15) is 9.59 Å². The van der Waals surface area contributed by atoms with Gasteiger partial charge in [-0.2, -0.15) is 0 Å². The Kier molecular flexibility index (Phi) is 7.35. The Labute approximate surface area is 180 Å². The van der Waals surface area contributed by atoms with E-state index in [1.165, 1.54) is 0 Å². The quantitative estimate of drug-likeness (QED) is 0.590. The van der Waals surface area contributed by atoms with Crippen molar-refractivity contribution in [2.24, 2.45) is 13.0 Å². The third-order valence-electron chi connectivity index (χ3n) is 5.83. The second-order valence-electron chi connectivity index (χ2n) is 8.85. The molecule has 0 unspecified atom stereocenters. The van der Waals surface area contributed by atoms with E-state index in [4.69, 9.17) is 0 Å². The molecule has 2 amide bonds. The fraction of sp³-hybridized carbons (Fsp3) is 0.520. The van der Waals surface area contributed by atoms with E-state index in [0.717, 1.165) is 30.5 Å². The average Bonchev–Trinajstić information content (AvgIpc) is 3.49. The lowest BCUT2D eigenvalue weighted by Gasteiger charge is -2.31. The van der Waals surface area contributed by atoms with E-state index < -0.39 is 0 Å². The fourth-order valence-electron chi connectivity index (χ4n) is 4.01. The first-order chi connectivity index (χ1) is 14.4. The number of carbonyl (C=O) groups is 2. The van der Waals surface area contributed by atoms with Gasteiger partial charge in [0.05, 0.1) is 12.5 Å². The number of aryl methyl sites for hydroxylation is 1. The fourth-order valence-corrected chi connectivity index (χ4v) is 4.01. The molecule has 1 saturated carbocycles. The van der Waals surface area contributed by atoms with Gasteiger partial charge in [0.15, 0.2) is 0 Å². The molecule has 0 N–H and O–H groups in total. The second-order valence-corrected chi connectivity index (χ2v) is 8.85. The highest BCUT2D eigenvalue weighted by atomic mass is 16.2. The van der Waals surface area contributed by atoms with Crippen molar-refractivity contribution in [3.63, 3.8) is 0 Å². The third kappa shape index (κ3) is 5.53. The van der Waals surface area contributed by atoms with E-state index in [-0.39, 0.29) is 30.3 Å². The highest BCUT2D eigenvalue weighted by Gasteiger charge is 2.37. The first-order valence-corrected chi connectivity index (χ1v) is 11.1. The zero-order valence-corrected chi connectivity index (χ0v) is 18.8. The minimum Gasteiger partial charge on any atom is -0.353 e. The standard InChI is InChI=1S/C25H35N3O2/c1-5-23(20-10-7-6-8-11-20)25(30)28(21-13-14-21)18-24(29)27(16-19(2)3)17-22-12-9-15-26(22)4/h6-12,15,19,21,23H,5,13-14,16-18H2,1-4H3/t23-/m1/s1. The molecule has 1 fully saturated rings. The normalized spacial score (nSPS) is 14.6. The van der Waals surface area contributed by atoms with Crippen molar-refractivity contribution >= 4 is 11.8 Å². The van der Waals surface area contributed by atoms with Crippen molar-refractivity contribution in [1.29, 1.82) is 0 Å². The van der Waals surface area contributed by atoms with Crippen molar-refractivity contribution in [2.45, 2.75) is 58.5 Å². The van der Waals surface area contributed by atoms with Gasteiger partial charge in [0.1, 0.15) is 6.54 Å². The molecule has 1 atom stereocenters. The van der Waals surface area contributed by atoms with Gasteiger partial charge in [0, 0.05) is 31.5 Å². The van der Waals surface area contributed by atoms with Gasteiger partial charge in [0.2, 0.25) is 11.8 Å². The molecular formula is C25H35N3O2. The van der Waals surface area contributed by atoms with Crippen LogP contribution in [-0.2, 0) is 23.2 Å². The molecule has 1 heterocycles. The summed E-state index contributed by atoms with van der Waals surface area (Å²) in [5.74, 6) is 0.300. The molecule has 0 bridgehead atoms. The average molecular weight is 410 g/mol. The molecule has 162 valence electrons. The molecule has 1 aliphatic carbocycles. The van der Waals surface area contributed by atoms with Crippen LogP contribution in [0.15, 0.2) is 48.7 Å². The van der Waals surface area contributed by atoms with Gasteiger partial charge in [-0.3, -0.25) is 9.59 Å². The van der Waals surface area contributed by atoms with Crippen LogP contribution in [0.1, 0.15) is 57.2 Å². The first kappa shape index (κ1) is 22.1. The molecule has 0 spiro atoms. The summed E-state index contributed by atoms with van der Waals surface area (Å²) in [6.45, 7) is 7.72. The van der Waals surface area contributed by atoms with Gasteiger partial charge in [0.25, 0.3) is 0 Å². The predicted molar refractivity (Wildman–Crippen MR) is 120 cm³/mol. The van der Waals surface area contributed by atoms with Crippen LogP contribution in [0.4, 0.5) is 0 Å². The summed E-state index contributed by atoms with van der Waals surface area (Å²) in [4.78, 5) is 30.6. The number of nitrogens with zero attached hydrogens (tertiary/aromatic N) is 3. The predicted octanol–water partition coefficient (Wildman–Crippen LogP) is 4.19. The molecule has 1 aliphatic rings. The van der Waals surface area contributed by atoms with Gasteiger partial charge in [-0.15, -0.1) is 0 Å². The molecule has 2 aromatic rings. The molecule has 1 aromatic heterocycles. The van der Waals surface area contributed by atoms with Crippen LogP contribution in [0, 0.1) is 5.92 Å². The van der Waals surface area contributed by atoms with E-state index in [1.807, 2.05) is 77.0 Å². The Hall–Kier alpha value is -2.56. The van der Waals surface area contributed by atoms with E-state index in [0.29, 0.717) is 19.0 Å². The summed E-state index contributed by atoms with van der Waals surface area (Å²) in [5.41, 5.74) is 2.13. The number of carbonyl (C=O) groups excluding carboxylic acids is 2. The Balaban J connectivity index is 1.75. The smallest absolute Gasteiger partial charge is 0.242 e. The molecule has 1 aromatic carbocycles. The SMILES string of the molecule is CC[C@@H](C(=O)N(CC(=O)N(Cc1cccn1C)CC(C)C)C1CC1)c1ccccc1. The first-order valence-electron chi connectivity index (χ1n) is 11.1. The molecule has 0 saturated heterocycles. The lowest BCUT2D eigenvalue weighted by Crippen LogP contribution is -2.46. The van der Waals surface area contributed by atoms with Crippen LogP contribution in [0.2, 0.25) is 0 Å². The van der Waals surface area contributed by atoms with Crippen LogP contribution < -0.4 is 0 Å². The van der Waals surface area contributed by atoms with Crippen molar-refractivity contribution in [2.75, 3.05) is 13.1 Å². The Morgan fingerprint density at radius 1 is 1.10 bits per heavy atom. The van der Waals surface area contributed by atoms with Gasteiger partial charge in [-0.25, -0.2) is 0 Å². The number of rotatable bonds is 10. The van der Waals surface area contributed by atoms with Crippen LogP contribution in [0.5, 0.6) is 0 Å². The molecule has 0 radical (unpaired) electrons. The maximum atomic E-state index is 13.5. The number of hydrogen-bond acceptors (Lipinski definition) is 2. The minimum atomic E-state index is -0.189. The van der Waals surface area contributed by atoms with E-state index >= 15 is 0 Å². The Morgan fingerprint density at radius 2 is 1.80 bits per heavy atom. The maximum absolute atomic E-state index is 13.5. The molecule has 5 nitrogen and oxygen atoms in total. The summed E-state index contributed by atoms with van der Waals surface area (Å²) in [6.07, 6.45) is 4.72.